The van der Waals surface area contributed by atoms with Crippen molar-refractivity contribution in [2.24, 2.45) is 5.73 Å². The molecule has 17 heavy (non-hydrogen) atoms. The fourth-order valence-corrected chi connectivity index (χ4v) is 2.41. The van der Waals surface area contributed by atoms with Crippen LogP contribution in [-0.4, -0.2) is 30.6 Å². The van der Waals surface area contributed by atoms with Crippen LogP contribution < -0.4 is 5.73 Å². The van der Waals surface area contributed by atoms with E-state index in [1.165, 1.54) is 37.2 Å². The fourth-order valence-electron chi connectivity index (χ4n) is 2.41. The summed E-state index contributed by atoms with van der Waals surface area (Å²) in [5.41, 5.74) is 8.79. The van der Waals surface area contributed by atoms with Gasteiger partial charge in [-0.1, -0.05) is 31.2 Å². The van der Waals surface area contributed by atoms with Crippen LogP contribution in [0, 0.1) is 0 Å². The van der Waals surface area contributed by atoms with Crippen molar-refractivity contribution in [3.8, 4) is 0 Å². The van der Waals surface area contributed by atoms with Crippen LogP contribution in [0.1, 0.15) is 30.9 Å². The Kier molecular flexibility index (Phi) is 4.57. The van der Waals surface area contributed by atoms with E-state index in [4.69, 9.17) is 5.73 Å². The molecule has 1 fully saturated rings. The molecule has 1 heterocycles. The Labute approximate surface area is 105 Å². The minimum Gasteiger partial charge on any atom is -0.328 e. The molecule has 2 N–H and O–H groups in total. The molecular formula is C15H24N2. The molecule has 1 aromatic rings. The summed E-state index contributed by atoms with van der Waals surface area (Å²) >= 11 is 0. The van der Waals surface area contributed by atoms with Gasteiger partial charge in [-0.3, -0.25) is 0 Å². The first-order valence-electron chi connectivity index (χ1n) is 6.83. The smallest absolute Gasteiger partial charge is 0.00631 e. The molecule has 1 aromatic carbocycles. The quantitative estimate of drug-likeness (QED) is 0.862. The number of rotatable bonds is 4. The number of nitrogens with zero attached hydrogens (tertiary/aromatic N) is 1. The van der Waals surface area contributed by atoms with Crippen molar-refractivity contribution in [2.45, 2.75) is 38.6 Å². The van der Waals surface area contributed by atoms with Gasteiger partial charge in [-0.05, 0) is 49.9 Å². The van der Waals surface area contributed by atoms with Crippen molar-refractivity contribution in [2.75, 3.05) is 19.6 Å². The third-order valence-electron chi connectivity index (χ3n) is 3.78. The average Bonchev–Trinajstić information content (AvgIpc) is 2.39. The van der Waals surface area contributed by atoms with Gasteiger partial charge in [0.2, 0.25) is 0 Å². The zero-order chi connectivity index (χ0) is 12.1. The molecule has 0 atom stereocenters. The summed E-state index contributed by atoms with van der Waals surface area (Å²) in [5, 5.41) is 0. The van der Waals surface area contributed by atoms with E-state index in [9.17, 15) is 0 Å². The van der Waals surface area contributed by atoms with Crippen LogP contribution in [0.3, 0.4) is 0 Å². The molecule has 2 nitrogen and oxygen atoms in total. The van der Waals surface area contributed by atoms with Crippen LogP contribution in [0.5, 0.6) is 0 Å². The second-order valence-corrected chi connectivity index (χ2v) is 5.10. The molecule has 94 valence electrons. The topological polar surface area (TPSA) is 29.3 Å². The van der Waals surface area contributed by atoms with Crippen LogP contribution in [0.15, 0.2) is 24.3 Å². The van der Waals surface area contributed by atoms with Crippen molar-refractivity contribution < 1.29 is 0 Å². The van der Waals surface area contributed by atoms with E-state index in [-0.39, 0.29) is 0 Å². The maximum atomic E-state index is 5.91. The van der Waals surface area contributed by atoms with Crippen molar-refractivity contribution in [1.29, 1.82) is 0 Å². The van der Waals surface area contributed by atoms with Gasteiger partial charge in [0, 0.05) is 12.6 Å². The second kappa shape index (κ2) is 6.18. The van der Waals surface area contributed by atoms with Crippen molar-refractivity contribution >= 4 is 0 Å². The molecule has 2 heteroatoms. The first-order valence-corrected chi connectivity index (χ1v) is 6.83. The molecule has 0 aromatic heterocycles. The maximum Gasteiger partial charge on any atom is 0.00631 e. The highest BCUT2D eigenvalue weighted by Crippen LogP contribution is 2.10. The SMILES string of the molecule is CCc1ccc(CCN2CCC(N)CC2)cc1. The summed E-state index contributed by atoms with van der Waals surface area (Å²) in [6.45, 7) is 5.73. The Morgan fingerprint density at radius 1 is 1.12 bits per heavy atom. The van der Waals surface area contributed by atoms with Crippen LogP contribution in [-0.2, 0) is 12.8 Å². The van der Waals surface area contributed by atoms with E-state index < -0.39 is 0 Å². The lowest BCUT2D eigenvalue weighted by Gasteiger charge is -2.29. The van der Waals surface area contributed by atoms with Crippen molar-refractivity contribution in [3.63, 3.8) is 0 Å². The number of hydrogen-bond acceptors (Lipinski definition) is 2. The zero-order valence-corrected chi connectivity index (χ0v) is 10.9. The van der Waals surface area contributed by atoms with Gasteiger partial charge >= 0.3 is 0 Å². The molecule has 0 unspecified atom stereocenters. The van der Waals surface area contributed by atoms with Crippen molar-refractivity contribution in [1.82, 2.24) is 4.90 Å². The Hall–Kier alpha value is -0.860. The minimum atomic E-state index is 0.440. The lowest BCUT2D eigenvalue weighted by Crippen LogP contribution is -2.40. The summed E-state index contributed by atoms with van der Waals surface area (Å²) in [6, 6.07) is 9.49. The summed E-state index contributed by atoms with van der Waals surface area (Å²) in [7, 11) is 0. The molecule has 1 saturated heterocycles. The molecule has 0 saturated carbocycles. The van der Waals surface area contributed by atoms with Crippen LogP contribution in [0.2, 0.25) is 0 Å². The first kappa shape index (κ1) is 12.6. The van der Waals surface area contributed by atoms with E-state index >= 15 is 0 Å². The summed E-state index contributed by atoms with van der Waals surface area (Å²) in [4.78, 5) is 2.54. The van der Waals surface area contributed by atoms with Gasteiger partial charge < -0.3 is 10.6 Å². The van der Waals surface area contributed by atoms with Crippen LogP contribution >= 0.6 is 0 Å². The Bertz CT molecular complexity index is 323. The van der Waals surface area contributed by atoms with Gasteiger partial charge in [0.25, 0.3) is 0 Å². The second-order valence-electron chi connectivity index (χ2n) is 5.10. The lowest BCUT2D eigenvalue weighted by atomic mass is 10.0. The Morgan fingerprint density at radius 3 is 2.29 bits per heavy atom. The fraction of sp³-hybridized carbons (Fsp3) is 0.600. The molecule has 1 aliphatic heterocycles. The van der Waals surface area contributed by atoms with E-state index in [0.717, 1.165) is 19.3 Å². The molecule has 0 amide bonds. The van der Waals surface area contributed by atoms with Crippen LogP contribution in [0.25, 0.3) is 0 Å². The molecule has 0 spiro atoms. The van der Waals surface area contributed by atoms with E-state index in [1.54, 1.807) is 0 Å². The van der Waals surface area contributed by atoms with Gasteiger partial charge in [0.15, 0.2) is 0 Å². The number of aryl methyl sites for hydroxylation is 1. The van der Waals surface area contributed by atoms with Crippen molar-refractivity contribution in [3.05, 3.63) is 35.4 Å². The summed E-state index contributed by atoms with van der Waals surface area (Å²) in [6.07, 6.45) is 4.62. The maximum absolute atomic E-state index is 5.91. The van der Waals surface area contributed by atoms with Gasteiger partial charge in [-0.2, -0.15) is 0 Å². The molecular weight excluding hydrogens is 208 g/mol. The molecule has 0 aliphatic carbocycles. The van der Waals surface area contributed by atoms with Crippen LogP contribution in [0.4, 0.5) is 0 Å². The van der Waals surface area contributed by atoms with Gasteiger partial charge in [0.1, 0.15) is 0 Å². The number of hydrogen-bond donors (Lipinski definition) is 1. The highest BCUT2D eigenvalue weighted by molar-refractivity contribution is 5.22. The average molecular weight is 232 g/mol. The molecule has 2 rings (SSSR count). The predicted molar refractivity (Wildman–Crippen MR) is 73.2 cm³/mol. The molecule has 0 radical (unpaired) electrons. The third-order valence-corrected chi connectivity index (χ3v) is 3.78. The van der Waals surface area contributed by atoms with E-state index in [2.05, 4.69) is 36.1 Å². The third kappa shape index (κ3) is 3.83. The Balaban J connectivity index is 1.77. The standard InChI is InChI=1S/C15H24N2/c1-2-13-3-5-14(6-4-13)7-10-17-11-8-15(16)9-12-17/h3-6,15H,2,7-12,16H2,1H3. The number of piperidine rings is 1. The largest absolute Gasteiger partial charge is 0.328 e. The summed E-state index contributed by atoms with van der Waals surface area (Å²) < 4.78 is 0. The minimum absolute atomic E-state index is 0.440. The summed E-state index contributed by atoms with van der Waals surface area (Å²) in [5.74, 6) is 0. The van der Waals surface area contributed by atoms with Gasteiger partial charge in [0.05, 0.1) is 0 Å². The number of likely N-dealkylation sites (tertiary alicyclic amines) is 1. The Morgan fingerprint density at radius 2 is 1.71 bits per heavy atom. The monoisotopic (exact) mass is 232 g/mol. The zero-order valence-electron chi connectivity index (χ0n) is 10.9. The van der Waals surface area contributed by atoms with E-state index in [1.807, 2.05) is 0 Å². The highest BCUT2D eigenvalue weighted by atomic mass is 15.1. The van der Waals surface area contributed by atoms with Gasteiger partial charge in [-0.15, -0.1) is 0 Å². The number of nitrogens with two attached hydrogens (primary N) is 1. The molecule has 0 bridgehead atoms. The van der Waals surface area contributed by atoms with Gasteiger partial charge in [-0.25, -0.2) is 0 Å². The first-order chi connectivity index (χ1) is 8.28. The lowest BCUT2D eigenvalue weighted by molar-refractivity contribution is 0.215. The highest BCUT2D eigenvalue weighted by Gasteiger charge is 2.15. The van der Waals surface area contributed by atoms with E-state index in [0.29, 0.717) is 6.04 Å². The molecule has 1 aliphatic rings. The normalized spacial score (nSPS) is 18.5. The number of benzene rings is 1. The predicted octanol–water partition coefficient (Wildman–Crippen LogP) is 2.21.